The lowest BCUT2D eigenvalue weighted by atomic mass is 10.1. The molecule has 8 heteroatoms. The van der Waals surface area contributed by atoms with Crippen molar-refractivity contribution in [2.45, 2.75) is 19.4 Å². The number of benzene rings is 2. The zero-order valence-corrected chi connectivity index (χ0v) is 16.3. The number of fused-ring (bicyclic) bond motifs is 1. The molecule has 2 heterocycles. The summed E-state index contributed by atoms with van der Waals surface area (Å²) in [5.74, 6) is -0.901. The molecule has 0 spiro atoms. The van der Waals surface area contributed by atoms with Crippen molar-refractivity contribution >= 4 is 11.0 Å². The van der Waals surface area contributed by atoms with Gasteiger partial charge in [0.25, 0.3) is 5.56 Å². The van der Waals surface area contributed by atoms with Crippen LogP contribution < -0.4 is 10.3 Å². The van der Waals surface area contributed by atoms with E-state index < -0.39 is 17.2 Å². The third-order valence-corrected chi connectivity index (χ3v) is 4.47. The molecule has 2 aromatic heterocycles. The summed E-state index contributed by atoms with van der Waals surface area (Å²) >= 11 is 0. The minimum atomic E-state index is -0.967. The highest BCUT2D eigenvalue weighted by atomic mass is 19.1. The number of hydrogen-bond donors (Lipinski definition) is 2. The molecule has 0 aliphatic carbocycles. The van der Waals surface area contributed by atoms with Crippen molar-refractivity contribution < 1.29 is 18.6 Å². The number of halogens is 2. The second-order valence-corrected chi connectivity index (χ2v) is 7.60. The molecule has 2 aromatic carbocycles. The number of aromatic amines is 1. The van der Waals surface area contributed by atoms with Crippen LogP contribution in [0.4, 0.5) is 8.78 Å². The van der Waals surface area contributed by atoms with Gasteiger partial charge in [-0.1, -0.05) is 12.1 Å². The summed E-state index contributed by atoms with van der Waals surface area (Å²) in [5, 5.41) is 10.1. The van der Waals surface area contributed by atoms with Crippen LogP contribution in [0, 0.1) is 11.6 Å². The van der Waals surface area contributed by atoms with Crippen molar-refractivity contribution in [1.82, 2.24) is 14.5 Å². The molecule has 0 radical (unpaired) electrons. The van der Waals surface area contributed by atoms with Gasteiger partial charge >= 0.3 is 0 Å². The van der Waals surface area contributed by atoms with E-state index >= 15 is 0 Å². The van der Waals surface area contributed by atoms with E-state index in [4.69, 9.17) is 4.74 Å². The topological polar surface area (TPSA) is 80.1 Å². The average Bonchev–Trinajstić information content (AvgIpc) is 3.07. The summed E-state index contributed by atoms with van der Waals surface area (Å²) in [6.07, 6.45) is 2.86. The standard InChI is InChI=1S/C22H19F2N3O3/c1-22(2,29)11-30-17-5-3-13(4-6-17)18-10-27(16-8-14(23)7-15(24)9-16)20-19(18)21(28)26-12-25-20/h3-10,12,29H,11H2,1-2H3,(H,25,26,28). The van der Waals surface area contributed by atoms with Crippen LogP contribution in [0.3, 0.4) is 0 Å². The van der Waals surface area contributed by atoms with Crippen LogP contribution in [-0.2, 0) is 0 Å². The van der Waals surface area contributed by atoms with Gasteiger partial charge in [-0.3, -0.25) is 4.79 Å². The smallest absolute Gasteiger partial charge is 0.260 e. The Morgan fingerprint density at radius 1 is 1.13 bits per heavy atom. The fraction of sp³-hybridized carbons (Fsp3) is 0.182. The van der Waals surface area contributed by atoms with Crippen molar-refractivity contribution in [2.75, 3.05) is 6.61 Å². The summed E-state index contributed by atoms with van der Waals surface area (Å²) in [5.41, 5.74) is 0.412. The van der Waals surface area contributed by atoms with Gasteiger partial charge in [-0.05, 0) is 43.7 Å². The Kier molecular flexibility index (Phi) is 4.87. The van der Waals surface area contributed by atoms with Gasteiger partial charge in [0.1, 0.15) is 24.0 Å². The summed E-state index contributed by atoms with van der Waals surface area (Å²) in [6, 6.07) is 10.1. The van der Waals surface area contributed by atoms with Crippen LogP contribution in [0.25, 0.3) is 27.8 Å². The Labute approximate surface area is 170 Å². The van der Waals surface area contributed by atoms with E-state index in [9.17, 15) is 18.7 Å². The van der Waals surface area contributed by atoms with Gasteiger partial charge in [0.2, 0.25) is 0 Å². The molecule has 0 bridgehead atoms. The Bertz CT molecular complexity index is 1250. The minimum absolute atomic E-state index is 0.125. The van der Waals surface area contributed by atoms with E-state index in [1.165, 1.54) is 23.0 Å². The van der Waals surface area contributed by atoms with Crippen molar-refractivity contribution in [3.8, 4) is 22.6 Å². The van der Waals surface area contributed by atoms with Gasteiger partial charge in [-0.15, -0.1) is 0 Å². The number of ether oxygens (including phenoxy) is 1. The van der Waals surface area contributed by atoms with Crippen LogP contribution in [-0.4, -0.2) is 31.8 Å². The number of aliphatic hydroxyl groups is 1. The van der Waals surface area contributed by atoms with E-state index in [-0.39, 0.29) is 23.5 Å². The molecule has 0 aliphatic heterocycles. The summed E-state index contributed by atoms with van der Waals surface area (Å²) in [7, 11) is 0. The first-order chi connectivity index (χ1) is 14.2. The number of H-pyrrole nitrogens is 1. The second-order valence-electron chi connectivity index (χ2n) is 7.60. The molecule has 0 fully saturated rings. The number of nitrogens with one attached hydrogen (secondary N) is 1. The Hall–Kier alpha value is -3.52. The maximum atomic E-state index is 13.8. The maximum absolute atomic E-state index is 13.8. The first-order valence-electron chi connectivity index (χ1n) is 9.22. The van der Waals surface area contributed by atoms with E-state index in [0.717, 1.165) is 6.07 Å². The number of rotatable bonds is 5. The van der Waals surface area contributed by atoms with E-state index in [2.05, 4.69) is 9.97 Å². The maximum Gasteiger partial charge on any atom is 0.260 e. The molecule has 4 rings (SSSR count). The van der Waals surface area contributed by atoms with Gasteiger partial charge in [-0.25, -0.2) is 13.8 Å². The third-order valence-electron chi connectivity index (χ3n) is 4.47. The van der Waals surface area contributed by atoms with Crippen molar-refractivity contribution in [2.24, 2.45) is 0 Å². The van der Waals surface area contributed by atoms with Gasteiger partial charge in [0.05, 0.1) is 23.0 Å². The van der Waals surface area contributed by atoms with E-state index in [1.54, 1.807) is 44.3 Å². The first kappa shape index (κ1) is 19.8. The molecule has 0 amide bonds. The predicted octanol–water partition coefficient (Wildman–Crippen LogP) is 3.81. The highest BCUT2D eigenvalue weighted by Gasteiger charge is 2.17. The lowest BCUT2D eigenvalue weighted by Gasteiger charge is -2.17. The normalized spacial score (nSPS) is 11.8. The average molecular weight is 411 g/mol. The van der Waals surface area contributed by atoms with Gasteiger partial charge in [-0.2, -0.15) is 0 Å². The van der Waals surface area contributed by atoms with Crippen molar-refractivity contribution in [1.29, 1.82) is 0 Å². The molecule has 0 saturated carbocycles. The van der Waals surface area contributed by atoms with Crippen LogP contribution in [0.2, 0.25) is 0 Å². The molecule has 154 valence electrons. The lowest BCUT2D eigenvalue weighted by molar-refractivity contribution is 0.0285. The second kappa shape index (κ2) is 7.38. The van der Waals surface area contributed by atoms with Crippen LogP contribution in [0.1, 0.15) is 13.8 Å². The third kappa shape index (κ3) is 3.95. The summed E-state index contributed by atoms with van der Waals surface area (Å²) in [6.45, 7) is 3.41. The molecule has 30 heavy (non-hydrogen) atoms. The highest BCUT2D eigenvalue weighted by Crippen LogP contribution is 2.31. The molecule has 4 aromatic rings. The molecule has 0 atom stereocenters. The van der Waals surface area contributed by atoms with Gasteiger partial charge < -0.3 is 19.4 Å². The molecule has 2 N–H and O–H groups in total. The number of nitrogens with zero attached hydrogens (tertiary/aromatic N) is 2. The number of hydrogen-bond acceptors (Lipinski definition) is 4. The zero-order valence-electron chi connectivity index (χ0n) is 16.3. The quantitative estimate of drug-likeness (QED) is 0.523. The highest BCUT2D eigenvalue weighted by molar-refractivity contribution is 5.94. The van der Waals surface area contributed by atoms with Crippen LogP contribution in [0.15, 0.2) is 59.8 Å². The molecule has 0 aliphatic rings. The van der Waals surface area contributed by atoms with Gasteiger partial charge in [0.15, 0.2) is 5.65 Å². The largest absolute Gasteiger partial charge is 0.491 e. The Morgan fingerprint density at radius 2 is 1.80 bits per heavy atom. The molecular weight excluding hydrogens is 392 g/mol. The molecule has 6 nitrogen and oxygen atoms in total. The predicted molar refractivity (Wildman–Crippen MR) is 109 cm³/mol. The van der Waals surface area contributed by atoms with Gasteiger partial charge in [0, 0.05) is 17.8 Å². The summed E-state index contributed by atoms with van der Waals surface area (Å²) in [4.78, 5) is 19.3. The molecule has 0 saturated heterocycles. The van der Waals surface area contributed by atoms with Crippen molar-refractivity contribution in [3.05, 3.63) is 77.0 Å². The Balaban J connectivity index is 1.81. The van der Waals surface area contributed by atoms with E-state index in [0.29, 0.717) is 22.3 Å². The zero-order chi connectivity index (χ0) is 21.5. The Morgan fingerprint density at radius 3 is 2.43 bits per heavy atom. The fourth-order valence-electron chi connectivity index (χ4n) is 3.16. The van der Waals surface area contributed by atoms with E-state index in [1.807, 2.05) is 0 Å². The fourth-order valence-corrected chi connectivity index (χ4v) is 3.16. The lowest BCUT2D eigenvalue weighted by Crippen LogP contribution is -2.27. The molecular formula is C22H19F2N3O3. The SMILES string of the molecule is CC(C)(O)COc1ccc(-c2cn(-c3cc(F)cc(F)c3)c3nc[nH]c(=O)c23)cc1. The first-order valence-corrected chi connectivity index (χ1v) is 9.22. The number of aromatic nitrogens is 3. The molecule has 0 unspecified atom stereocenters. The van der Waals surface area contributed by atoms with Crippen LogP contribution >= 0.6 is 0 Å². The summed E-state index contributed by atoms with van der Waals surface area (Å²) < 4.78 is 34.5. The van der Waals surface area contributed by atoms with Crippen LogP contribution in [0.5, 0.6) is 5.75 Å². The van der Waals surface area contributed by atoms with Crippen molar-refractivity contribution in [3.63, 3.8) is 0 Å². The monoisotopic (exact) mass is 411 g/mol. The minimum Gasteiger partial charge on any atom is -0.491 e.